The molecule has 3 N–H and O–H groups in total. The number of amides is 1. The van der Waals surface area contributed by atoms with E-state index in [1.165, 1.54) is 6.07 Å². The van der Waals surface area contributed by atoms with Crippen molar-refractivity contribution in [2.75, 3.05) is 0 Å². The number of aromatic hydroxyl groups is 1. The van der Waals surface area contributed by atoms with Gasteiger partial charge in [-0.2, -0.15) is 0 Å². The molecule has 4 aromatic rings. The number of primary amides is 1. The third kappa shape index (κ3) is 3.26. The lowest BCUT2D eigenvalue weighted by Crippen LogP contribution is -2.11. The van der Waals surface area contributed by atoms with Crippen molar-refractivity contribution in [1.82, 2.24) is 19.5 Å². The molecule has 2 heterocycles. The fourth-order valence-corrected chi connectivity index (χ4v) is 3.28. The Morgan fingerprint density at radius 3 is 2.60 bits per heavy atom. The van der Waals surface area contributed by atoms with E-state index in [2.05, 4.69) is 25.2 Å². The van der Waals surface area contributed by atoms with Gasteiger partial charge in [-0.15, -0.1) is 10.2 Å². The smallest absolute Gasteiger partial charge is 0.256 e. The van der Waals surface area contributed by atoms with Crippen LogP contribution in [0.4, 0.5) is 11.6 Å². The van der Waals surface area contributed by atoms with Crippen molar-refractivity contribution in [3.63, 3.8) is 0 Å². The summed E-state index contributed by atoms with van der Waals surface area (Å²) in [5.74, 6) is -0.399. The molecular weight excluding hydrogens is 382 g/mol. The molecule has 0 radical (unpaired) electrons. The van der Waals surface area contributed by atoms with Crippen molar-refractivity contribution in [3.05, 3.63) is 65.7 Å². The zero-order valence-corrected chi connectivity index (χ0v) is 16.4. The van der Waals surface area contributed by atoms with Crippen LogP contribution in [0.2, 0.25) is 0 Å². The van der Waals surface area contributed by atoms with Crippen LogP contribution in [0, 0.1) is 6.92 Å². The molecule has 1 amide bonds. The summed E-state index contributed by atoms with van der Waals surface area (Å²) in [5, 5.41) is 20.5. The molecule has 0 aliphatic rings. The molecule has 0 unspecified atom stereocenters. The standard InChI is InChI=1S/C21H19N7O2/c1-3-16-12(2)28(20-23-9-6-10-24-20)21(25-16)27-26-17-14-8-5-4-7-13(14)11-15(18(17)29)19(22)30/h4-11,29H,3H2,1-2H3,(H2,22,30). The first-order valence-corrected chi connectivity index (χ1v) is 9.33. The highest BCUT2D eigenvalue weighted by atomic mass is 16.3. The Morgan fingerprint density at radius 2 is 1.90 bits per heavy atom. The second-order valence-corrected chi connectivity index (χ2v) is 6.59. The van der Waals surface area contributed by atoms with Gasteiger partial charge in [0.25, 0.3) is 11.9 Å². The average molecular weight is 401 g/mol. The molecule has 9 nitrogen and oxygen atoms in total. The Morgan fingerprint density at radius 1 is 1.17 bits per heavy atom. The number of aryl methyl sites for hydroxylation is 1. The van der Waals surface area contributed by atoms with Crippen LogP contribution in [0.3, 0.4) is 0 Å². The van der Waals surface area contributed by atoms with Crippen LogP contribution in [0.25, 0.3) is 16.7 Å². The Balaban J connectivity index is 1.91. The maximum absolute atomic E-state index is 11.8. The topological polar surface area (TPSA) is 132 Å². The summed E-state index contributed by atoms with van der Waals surface area (Å²) in [7, 11) is 0. The molecule has 0 aliphatic carbocycles. The summed E-state index contributed by atoms with van der Waals surface area (Å²) >= 11 is 0. The quantitative estimate of drug-likeness (QED) is 0.489. The minimum absolute atomic E-state index is 0.0252. The summed E-state index contributed by atoms with van der Waals surface area (Å²) in [6.07, 6.45) is 3.95. The number of fused-ring (bicyclic) bond motifs is 1. The molecule has 2 aromatic carbocycles. The Bertz CT molecular complexity index is 1280. The molecule has 9 heteroatoms. The number of carbonyl (C=O) groups excluding carboxylic acids is 1. The number of aromatic nitrogens is 4. The number of rotatable bonds is 5. The molecule has 0 fully saturated rings. The number of nitrogens with two attached hydrogens (primary N) is 1. The maximum Gasteiger partial charge on any atom is 0.256 e. The highest BCUT2D eigenvalue weighted by molar-refractivity contribution is 6.06. The van der Waals surface area contributed by atoms with Crippen LogP contribution in [-0.4, -0.2) is 30.5 Å². The Labute approximate surface area is 172 Å². The van der Waals surface area contributed by atoms with Crippen LogP contribution in [0.15, 0.2) is 59.0 Å². The van der Waals surface area contributed by atoms with Crippen LogP contribution in [0.5, 0.6) is 5.75 Å². The molecule has 4 rings (SSSR count). The van der Waals surface area contributed by atoms with Gasteiger partial charge in [-0.25, -0.2) is 19.5 Å². The van der Waals surface area contributed by atoms with E-state index in [-0.39, 0.29) is 22.9 Å². The highest BCUT2D eigenvalue weighted by Gasteiger charge is 2.18. The molecular formula is C21H19N7O2. The SMILES string of the molecule is CCc1nc(N=Nc2c(O)c(C(N)=O)cc3ccccc23)n(-c2ncccn2)c1C. The van der Waals surface area contributed by atoms with E-state index in [4.69, 9.17) is 5.73 Å². The van der Waals surface area contributed by atoms with Gasteiger partial charge in [0.1, 0.15) is 5.69 Å². The number of azo groups is 1. The normalized spacial score (nSPS) is 11.4. The van der Waals surface area contributed by atoms with E-state index in [0.29, 0.717) is 23.1 Å². The lowest BCUT2D eigenvalue weighted by atomic mass is 10.0. The van der Waals surface area contributed by atoms with Gasteiger partial charge >= 0.3 is 0 Å². The highest BCUT2D eigenvalue weighted by Crippen LogP contribution is 2.39. The van der Waals surface area contributed by atoms with Gasteiger partial charge in [0.2, 0.25) is 5.95 Å². The number of imidazole rings is 1. The number of carbonyl (C=O) groups is 1. The zero-order chi connectivity index (χ0) is 21.3. The predicted molar refractivity (Wildman–Crippen MR) is 112 cm³/mol. The molecule has 0 bridgehead atoms. The Hall–Kier alpha value is -4.14. The van der Waals surface area contributed by atoms with Crippen molar-refractivity contribution < 1.29 is 9.90 Å². The second kappa shape index (κ2) is 7.70. The Kier molecular flexibility index (Phi) is 4.93. The first-order valence-electron chi connectivity index (χ1n) is 9.33. The fraction of sp³-hybridized carbons (Fsp3) is 0.143. The summed E-state index contributed by atoms with van der Waals surface area (Å²) in [4.78, 5) is 24.9. The van der Waals surface area contributed by atoms with E-state index in [1.54, 1.807) is 35.2 Å². The zero-order valence-electron chi connectivity index (χ0n) is 16.4. The van der Waals surface area contributed by atoms with E-state index < -0.39 is 5.91 Å². The number of benzene rings is 2. The molecule has 0 aliphatic heterocycles. The van der Waals surface area contributed by atoms with Crippen LogP contribution in [-0.2, 0) is 6.42 Å². The first-order chi connectivity index (χ1) is 14.5. The van der Waals surface area contributed by atoms with Crippen LogP contribution in [0.1, 0.15) is 28.7 Å². The van der Waals surface area contributed by atoms with Gasteiger partial charge < -0.3 is 10.8 Å². The molecule has 0 saturated heterocycles. The largest absolute Gasteiger partial charge is 0.505 e. The lowest BCUT2D eigenvalue weighted by molar-refractivity contribution is 0.0998. The van der Waals surface area contributed by atoms with Gasteiger partial charge in [-0.1, -0.05) is 31.2 Å². The van der Waals surface area contributed by atoms with Gasteiger partial charge in [0.05, 0.1) is 11.3 Å². The molecule has 30 heavy (non-hydrogen) atoms. The summed E-state index contributed by atoms with van der Waals surface area (Å²) in [6, 6.07) is 10.5. The number of hydrogen-bond donors (Lipinski definition) is 2. The van der Waals surface area contributed by atoms with Crippen molar-refractivity contribution in [2.24, 2.45) is 16.0 Å². The van der Waals surface area contributed by atoms with Crippen molar-refractivity contribution in [3.8, 4) is 11.7 Å². The number of phenols is 1. The third-order valence-corrected chi connectivity index (χ3v) is 4.78. The third-order valence-electron chi connectivity index (χ3n) is 4.78. The summed E-state index contributed by atoms with van der Waals surface area (Å²) < 4.78 is 1.69. The molecule has 150 valence electrons. The average Bonchev–Trinajstić information content (AvgIpc) is 3.08. The van der Waals surface area contributed by atoms with Gasteiger partial charge in [0.15, 0.2) is 5.75 Å². The molecule has 2 aromatic heterocycles. The van der Waals surface area contributed by atoms with Gasteiger partial charge in [-0.05, 0) is 30.9 Å². The predicted octanol–water partition coefficient (Wildman–Crippen LogP) is 3.91. The van der Waals surface area contributed by atoms with Gasteiger partial charge in [-0.3, -0.25) is 4.79 Å². The molecule has 0 spiro atoms. The maximum atomic E-state index is 11.8. The lowest BCUT2D eigenvalue weighted by Gasteiger charge is -2.08. The van der Waals surface area contributed by atoms with E-state index in [0.717, 1.165) is 11.4 Å². The van der Waals surface area contributed by atoms with Crippen LogP contribution >= 0.6 is 0 Å². The van der Waals surface area contributed by atoms with E-state index >= 15 is 0 Å². The monoisotopic (exact) mass is 401 g/mol. The minimum Gasteiger partial charge on any atom is -0.505 e. The fourth-order valence-electron chi connectivity index (χ4n) is 3.28. The van der Waals surface area contributed by atoms with Crippen molar-refractivity contribution in [1.29, 1.82) is 0 Å². The van der Waals surface area contributed by atoms with Crippen molar-refractivity contribution in [2.45, 2.75) is 20.3 Å². The first kappa shape index (κ1) is 19.2. The van der Waals surface area contributed by atoms with Crippen LogP contribution < -0.4 is 5.73 Å². The molecule has 0 saturated carbocycles. The van der Waals surface area contributed by atoms with E-state index in [9.17, 15) is 9.90 Å². The second-order valence-electron chi connectivity index (χ2n) is 6.59. The number of hydrogen-bond acceptors (Lipinski definition) is 7. The molecule has 0 atom stereocenters. The summed E-state index contributed by atoms with van der Waals surface area (Å²) in [6.45, 7) is 3.89. The van der Waals surface area contributed by atoms with E-state index in [1.807, 2.05) is 26.0 Å². The minimum atomic E-state index is -0.752. The van der Waals surface area contributed by atoms with Gasteiger partial charge in [0, 0.05) is 23.5 Å². The number of nitrogens with zero attached hydrogens (tertiary/aromatic N) is 6. The summed E-state index contributed by atoms with van der Waals surface area (Å²) in [5.41, 5.74) is 7.21. The van der Waals surface area contributed by atoms with Crippen molar-refractivity contribution >= 4 is 28.3 Å².